The van der Waals surface area contributed by atoms with Gasteiger partial charge in [-0.2, -0.15) is 5.10 Å². The van der Waals surface area contributed by atoms with Crippen LogP contribution in [0.3, 0.4) is 0 Å². The van der Waals surface area contributed by atoms with Crippen LogP contribution in [0.15, 0.2) is 29.4 Å². The zero-order valence-corrected chi connectivity index (χ0v) is 13.7. The highest BCUT2D eigenvalue weighted by Gasteiger charge is 2.13. The predicted octanol–water partition coefficient (Wildman–Crippen LogP) is 1.65. The van der Waals surface area contributed by atoms with Crippen LogP contribution in [0.2, 0.25) is 0 Å². The van der Waals surface area contributed by atoms with Crippen molar-refractivity contribution >= 4 is 12.1 Å². The molecular weight excluding hydrogens is 294 g/mol. The molecule has 1 amide bonds. The summed E-state index contributed by atoms with van der Waals surface area (Å²) in [5, 5.41) is 3.99. The Labute approximate surface area is 137 Å². The molecule has 1 aliphatic rings. The maximum absolute atomic E-state index is 11.8. The third-order valence-electron chi connectivity index (χ3n) is 3.52. The SMILES string of the molecule is CCCCOc1ccc(/C=N\NC(=O)CN2CCOCC2)cc1. The van der Waals surface area contributed by atoms with Crippen LogP contribution in [0.1, 0.15) is 25.3 Å². The normalized spacial score (nSPS) is 15.7. The fourth-order valence-corrected chi connectivity index (χ4v) is 2.16. The molecule has 0 atom stereocenters. The van der Waals surface area contributed by atoms with Gasteiger partial charge in [0.25, 0.3) is 5.91 Å². The lowest BCUT2D eigenvalue weighted by Gasteiger charge is -2.25. The van der Waals surface area contributed by atoms with Gasteiger partial charge in [0.05, 0.1) is 32.6 Å². The maximum Gasteiger partial charge on any atom is 0.254 e. The summed E-state index contributed by atoms with van der Waals surface area (Å²) in [5.74, 6) is 0.745. The number of unbranched alkanes of at least 4 members (excludes halogenated alkanes) is 1. The molecule has 1 saturated heterocycles. The summed E-state index contributed by atoms with van der Waals surface area (Å²) in [4.78, 5) is 13.8. The highest BCUT2D eigenvalue weighted by molar-refractivity contribution is 5.83. The van der Waals surface area contributed by atoms with Crippen molar-refractivity contribution in [2.75, 3.05) is 39.5 Å². The number of hydrazone groups is 1. The van der Waals surface area contributed by atoms with E-state index in [1.165, 1.54) is 0 Å². The molecule has 0 radical (unpaired) electrons. The molecule has 0 saturated carbocycles. The Kier molecular flexibility index (Phi) is 7.56. The van der Waals surface area contributed by atoms with Gasteiger partial charge >= 0.3 is 0 Å². The lowest BCUT2D eigenvalue weighted by atomic mass is 10.2. The number of carbonyl (C=O) groups is 1. The molecule has 0 unspecified atom stereocenters. The van der Waals surface area contributed by atoms with E-state index in [9.17, 15) is 4.79 Å². The Balaban J connectivity index is 1.70. The molecular formula is C17H25N3O3. The van der Waals surface area contributed by atoms with Gasteiger partial charge in [0.15, 0.2) is 0 Å². The standard InChI is InChI=1S/C17H25N3O3/c1-2-3-10-23-16-6-4-15(5-7-16)13-18-19-17(21)14-20-8-11-22-12-9-20/h4-7,13H,2-3,8-12,14H2,1H3,(H,19,21)/b18-13-. The summed E-state index contributed by atoms with van der Waals surface area (Å²) in [6, 6.07) is 7.65. The van der Waals surface area contributed by atoms with Crippen LogP contribution in [0.5, 0.6) is 5.75 Å². The fraction of sp³-hybridized carbons (Fsp3) is 0.529. The fourth-order valence-electron chi connectivity index (χ4n) is 2.16. The molecule has 0 aliphatic carbocycles. The van der Waals surface area contributed by atoms with Crippen LogP contribution in [0, 0.1) is 0 Å². The first-order chi connectivity index (χ1) is 11.3. The smallest absolute Gasteiger partial charge is 0.254 e. The van der Waals surface area contributed by atoms with Crippen molar-refractivity contribution in [2.24, 2.45) is 5.10 Å². The molecule has 6 nitrogen and oxygen atoms in total. The van der Waals surface area contributed by atoms with E-state index in [0.29, 0.717) is 19.8 Å². The van der Waals surface area contributed by atoms with Crippen molar-refractivity contribution in [1.82, 2.24) is 10.3 Å². The first-order valence-electron chi connectivity index (χ1n) is 8.13. The van der Waals surface area contributed by atoms with Crippen LogP contribution in [-0.4, -0.2) is 56.5 Å². The summed E-state index contributed by atoms with van der Waals surface area (Å²) in [6.07, 6.45) is 3.81. The third-order valence-corrected chi connectivity index (χ3v) is 3.52. The second kappa shape index (κ2) is 9.97. The molecule has 6 heteroatoms. The third kappa shape index (κ3) is 6.80. The zero-order valence-electron chi connectivity index (χ0n) is 13.7. The number of amides is 1. The minimum atomic E-state index is -0.109. The van der Waals surface area contributed by atoms with Gasteiger partial charge in [-0.05, 0) is 36.2 Å². The van der Waals surface area contributed by atoms with E-state index in [1.54, 1.807) is 6.21 Å². The first kappa shape index (κ1) is 17.4. The summed E-state index contributed by atoms with van der Waals surface area (Å²) in [6.45, 7) is 6.17. The van der Waals surface area contributed by atoms with Crippen LogP contribution in [-0.2, 0) is 9.53 Å². The number of hydrogen-bond acceptors (Lipinski definition) is 5. The van der Waals surface area contributed by atoms with Crippen molar-refractivity contribution in [2.45, 2.75) is 19.8 Å². The minimum Gasteiger partial charge on any atom is -0.494 e. The average Bonchev–Trinajstić information content (AvgIpc) is 2.57. The summed E-state index contributed by atoms with van der Waals surface area (Å²) < 4.78 is 10.8. The van der Waals surface area contributed by atoms with E-state index in [-0.39, 0.29) is 5.91 Å². The lowest BCUT2D eigenvalue weighted by molar-refractivity contribution is -0.123. The maximum atomic E-state index is 11.8. The van der Waals surface area contributed by atoms with Crippen LogP contribution < -0.4 is 10.2 Å². The van der Waals surface area contributed by atoms with E-state index in [1.807, 2.05) is 24.3 Å². The molecule has 0 spiro atoms. The van der Waals surface area contributed by atoms with E-state index in [2.05, 4.69) is 22.4 Å². The Morgan fingerprint density at radius 3 is 2.78 bits per heavy atom. The minimum absolute atomic E-state index is 0.109. The monoisotopic (exact) mass is 319 g/mol. The molecule has 1 aliphatic heterocycles. The molecule has 126 valence electrons. The number of benzene rings is 1. The summed E-state index contributed by atoms with van der Waals surface area (Å²) in [7, 11) is 0. The van der Waals surface area contributed by atoms with Crippen LogP contribution >= 0.6 is 0 Å². The van der Waals surface area contributed by atoms with Gasteiger partial charge in [-0.15, -0.1) is 0 Å². The van der Waals surface area contributed by atoms with Gasteiger partial charge in [-0.25, -0.2) is 5.43 Å². The second-order valence-corrected chi connectivity index (χ2v) is 5.45. The number of nitrogens with zero attached hydrogens (tertiary/aromatic N) is 2. The Hall–Kier alpha value is -1.92. The molecule has 23 heavy (non-hydrogen) atoms. The number of rotatable bonds is 8. The zero-order chi connectivity index (χ0) is 16.3. The number of morpholine rings is 1. The van der Waals surface area contributed by atoms with Crippen LogP contribution in [0.25, 0.3) is 0 Å². The molecule has 1 heterocycles. The lowest BCUT2D eigenvalue weighted by Crippen LogP contribution is -2.42. The molecule has 2 rings (SSSR count). The van der Waals surface area contributed by atoms with Crippen LogP contribution in [0.4, 0.5) is 0 Å². The van der Waals surface area contributed by atoms with Crippen molar-refractivity contribution in [3.8, 4) is 5.75 Å². The second-order valence-electron chi connectivity index (χ2n) is 5.45. The quantitative estimate of drug-likeness (QED) is 0.449. The Morgan fingerprint density at radius 2 is 2.09 bits per heavy atom. The van der Waals surface area contributed by atoms with E-state index < -0.39 is 0 Å². The molecule has 0 aromatic heterocycles. The predicted molar refractivity (Wildman–Crippen MR) is 89.8 cm³/mol. The summed E-state index contributed by atoms with van der Waals surface area (Å²) in [5.41, 5.74) is 3.47. The number of nitrogens with one attached hydrogen (secondary N) is 1. The van der Waals surface area contributed by atoms with Gasteiger partial charge in [-0.1, -0.05) is 13.3 Å². The van der Waals surface area contributed by atoms with E-state index >= 15 is 0 Å². The largest absolute Gasteiger partial charge is 0.494 e. The average molecular weight is 319 g/mol. The van der Waals surface area contributed by atoms with Gasteiger partial charge in [0.2, 0.25) is 0 Å². The topological polar surface area (TPSA) is 63.2 Å². The number of carbonyl (C=O) groups excluding carboxylic acids is 1. The van der Waals surface area contributed by atoms with Crippen molar-refractivity contribution in [3.63, 3.8) is 0 Å². The molecule has 1 fully saturated rings. The Morgan fingerprint density at radius 1 is 1.35 bits per heavy atom. The molecule has 0 bridgehead atoms. The van der Waals surface area contributed by atoms with Gasteiger partial charge in [0, 0.05) is 13.1 Å². The number of ether oxygens (including phenoxy) is 2. The molecule has 1 aromatic rings. The van der Waals surface area contributed by atoms with Gasteiger partial charge < -0.3 is 9.47 Å². The molecule has 1 aromatic carbocycles. The highest BCUT2D eigenvalue weighted by Crippen LogP contribution is 2.11. The van der Waals surface area contributed by atoms with Gasteiger partial charge in [-0.3, -0.25) is 9.69 Å². The van der Waals surface area contributed by atoms with Crippen molar-refractivity contribution in [1.29, 1.82) is 0 Å². The van der Waals surface area contributed by atoms with E-state index in [4.69, 9.17) is 9.47 Å². The summed E-state index contributed by atoms with van der Waals surface area (Å²) >= 11 is 0. The number of hydrogen-bond donors (Lipinski definition) is 1. The first-order valence-corrected chi connectivity index (χ1v) is 8.13. The van der Waals surface area contributed by atoms with E-state index in [0.717, 1.165) is 43.9 Å². The van der Waals surface area contributed by atoms with Crippen molar-refractivity contribution in [3.05, 3.63) is 29.8 Å². The van der Waals surface area contributed by atoms with Crippen molar-refractivity contribution < 1.29 is 14.3 Å². The Bertz CT molecular complexity index is 496. The van der Waals surface area contributed by atoms with Gasteiger partial charge in [0.1, 0.15) is 5.75 Å². The molecule has 1 N–H and O–H groups in total. The highest BCUT2D eigenvalue weighted by atomic mass is 16.5.